The van der Waals surface area contributed by atoms with Crippen LogP contribution in [0.3, 0.4) is 0 Å². The molecular weight excluding hydrogens is 280 g/mol. The summed E-state index contributed by atoms with van der Waals surface area (Å²) in [4.78, 5) is 8.94. The minimum absolute atomic E-state index is 0.0975. The second kappa shape index (κ2) is 5.17. The normalized spacial score (nSPS) is 15.8. The van der Waals surface area contributed by atoms with E-state index in [1.807, 2.05) is 24.5 Å². The molecule has 23 heavy (non-hydrogen) atoms. The summed E-state index contributed by atoms with van der Waals surface area (Å²) in [6.07, 6.45) is 7.85. The maximum atomic E-state index is 4.88. The van der Waals surface area contributed by atoms with Gasteiger partial charge in [-0.05, 0) is 46.2 Å². The van der Waals surface area contributed by atoms with Gasteiger partial charge in [-0.2, -0.15) is 0 Å². The van der Waals surface area contributed by atoms with Gasteiger partial charge in [0.1, 0.15) is 0 Å². The van der Waals surface area contributed by atoms with Gasteiger partial charge < -0.3 is 0 Å². The molecule has 0 fully saturated rings. The number of benzene rings is 2. The first-order valence-corrected chi connectivity index (χ1v) is 7.86. The van der Waals surface area contributed by atoms with Crippen molar-refractivity contribution in [1.29, 1.82) is 0 Å². The average Bonchev–Trinajstić information content (AvgIpc) is 2.85. The molecule has 2 aromatic carbocycles. The third kappa shape index (κ3) is 2.27. The summed E-state index contributed by atoms with van der Waals surface area (Å²) >= 11 is 0. The van der Waals surface area contributed by atoms with Crippen LogP contribution in [0.1, 0.15) is 25.0 Å². The Kier molecular flexibility index (Phi) is 3.12. The fraction of sp³-hybridized carbons (Fsp3) is 0.143. The number of hydrogen-bond acceptors (Lipinski definition) is 2. The third-order valence-corrected chi connectivity index (χ3v) is 4.55. The molecule has 2 heteroatoms. The van der Waals surface area contributed by atoms with Crippen LogP contribution in [0.15, 0.2) is 72.0 Å². The van der Waals surface area contributed by atoms with Crippen LogP contribution in [0, 0.1) is 0 Å². The molecule has 0 spiro atoms. The lowest BCUT2D eigenvalue weighted by Gasteiger charge is -2.22. The Balaban J connectivity index is 1.80. The minimum Gasteiger partial charge on any atom is -0.265 e. The summed E-state index contributed by atoms with van der Waals surface area (Å²) in [7, 11) is 0. The SMILES string of the molecule is CC1(C)C(/C=C/c2ccncc2)=Nc2ccc3ccccc3c21. The maximum absolute atomic E-state index is 4.88. The molecule has 1 aliphatic heterocycles. The summed E-state index contributed by atoms with van der Waals surface area (Å²) in [5, 5.41) is 2.57. The largest absolute Gasteiger partial charge is 0.265 e. The molecule has 0 N–H and O–H groups in total. The predicted octanol–water partition coefficient (Wildman–Crippen LogP) is 5.31. The fourth-order valence-corrected chi connectivity index (χ4v) is 3.30. The molecule has 4 rings (SSSR count). The summed E-state index contributed by atoms with van der Waals surface area (Å²) in [5.41, 5.74) is 4.55. The second-order valence-electron chi connectivity index (χ2n) is 6.42. The molecule has 1 aromatic heterocycles. The van der Waals surface area contributed by atoms with Crippen LogP contribution in [0.5, 0.6) is 0 Å². The van der Waals surface area contributed by atoms with Gasteiger partial charge in [-0.25, -0.2) is 0 Å². The first-order valence-electron chi connectivity index (χ1n) is 7.86. The van der Waals surface area contributed by atoms with Gasteiger partial charge in [0, 0.05) is 17.8 Å². The number of aliphatic imine (C=N–C) groups is 1. The first kappa shape index (κ1) is 13.9. The van der Waals surface area contributed by atoms with Crippen LogP contribution in [-0.2, 0) is 5.41 Å². The van der Waals surface area contributed by atoms with Crippen molar-refractivity contribution in [1.82, 2.24) is 4.98 Å². The van der Waals surface area contributed by atoms with Gasteiger partial charge in [-0.1, -0.05) is 50.3 Å². The van der Waals surface area contributed by atoms with E-state index in [2.05, 4.69) is 67.4 Å². The molecule has 0 saturated carbocycles. The van der Waals surface area contributed by atoms with Crippen LogP contribution in [0.25, 0.3) is 16.8 Å². The van der Waals surface area contributed by atoms with Gasteiger partial charge in [0.25, 0.3) is 0 Å². The highest BCUT2D eigenvalue weighted by molar-refractivity contribution is 6.13. The topological polar surface area (TPSA) is 25.2 Å². The number of hydrogen-bond donors (Lipinski definition) is 0. The third-order valence-electron chi connectivity index (χ3n) is 4.55. The summed E-state index contributed by atoms with van der Waals surface area (Å²) in [5.74, 6) is 0. The zero-order valence-corrected chi connectivity index (χ0v) is 13.3. The smallest absolute Gasteiger partial charge is 0.0681 e. The highest BCUT2D eigenvalue weighted by Gasteiger charge is 2.34. The zero-order valence-electron chi connectivity index (χ0n) is 13.3. The van der Waals surface area contributed by atoms with E-state index in [-0.39, 0.29) is 5.41 Å². The lowest BCUT2D eigenvalue weighted by molar-refractivity contribution is 0.747. The number of allylic oxidation sites excluding steroid dienone is 1. The Labute approximate surface area is 136 Å². The van der Waals surface area contributed by atoms with Crippen molar-refractivity contribution in [2.45, 2.75) is 19.3 Å². The monoisotopic (exact) mass is 298 g/mol. The van der Waals surface area contributed by atoms with Crippen molar-refractivity contribution in [2.75, 3.05) is 0 Å². The van der Waals surface area contributed by atoms with E-state index in [0.717, 1.165) is 17.0 Å². The zero-order chi connectivity index (χ0) is 15.9. The highest BCUT2D eigenvalue weighted by atomic mass is 14.8. The molecule has 3 aromatic rings. The minimum atomic E-state index is -0.0975. The van der Waals surface area contributed by atoms with Gasteiger partial charge in [-0.15, -0.1) is 0 Å². The molecule has 112 valence electrons. The molecule has 2 nitrogen and oxygen atoms in total. The summed E-state index contributed by atoms with van der Waals surface area (Å²) < 4.78 is 0. The van der Waals surface area contributed by atoms with Crippen molar-refractivity contribution in [3.63, 3.8) is 0 Å². The Bertz CT molecular complexity index is 934. The van der Waals surface area contributed by atoms with E-state index in [9.17, 15) is 0 Å². The molecule has 0 radical (unpaired) electrons. The number of pyridine rings is 1. The van der Waals surface area contributed by atoms with Gasteiger partial charge in [0.2, 0.25) is 0 Å². The number of aromatic nitrogens is 1. The molecule has 0 bridgehead atoms. The standard InChI is InChI=1S/C21H18N2/c1-21(2)19(10-7-15-11-13-22-14-12-15)23-18-9-8-16-5-3-4-6-17(16)20(18)21/h3-14H,1-2H3/b10-7+. The van der Waals surface area contributed by atoms with E-state index in [1.54, 1.807) is 0 Å². The number of nitrogens with zero attached hydrogens (tertiary/aromatic N) is 2. The van der Waals surface area contributed by atoms with Crippen LogP contribution in [0.4, 0.5) is 5.69 Å². The maximum Gasteiger partial charge on any atom is 0.0681 e. The van der Waals surface area contributed by atoms with E-state index >= 15 is 0 Å². The molecule has 0 amide bonds. The van der Waals surface area contributed by atoms with Crippen molar-refractivity contribution in [2.24, 2.45) is 4.99 Å². The Morgan fingerprint density at radius 2 is 1.65 bits per heavy atom. The van der Waals surface area contributed by atoms with Gasteiger partial charge in [-0.3, -0.25) is 9.98 Å². The highest BCUT2D eigenvalue weighted by Crippen LogP contribution is 2.44. The molecular formula is C21H18N2. The van der Waals surface area contributed by atoms with Gasteiger partial charge >= 0.3 is 0 Å². The Morgan fingerprint density at radius 3 is 2.48 bits per heavy atom. The van der Waals surface area contributed by atoms with Crippen molar-refractivity contribution in [3.8, 4) is 0 Å². The fourth-order valence-electron chi connectivity index (χ4n) is 3.30. The van der Waals surface area contributed by atoms with Gasteiger partial charge in [0.15, 0.2) is 0 Å². The van der Waals surface area contributed by atoms with Crippen LogP contribution in [0.2, 0.25) is 0 Å². The first-order chi connectivity index (χ1) is 11.2. The molecule has 1 aliphatic rings. The van der Waals surface area contributed by atoms with Crippen LogP contribution in [-0.4, -0.2) is 10.7 Å². The lowest BCUT2D eigenvalue weighted by Crippen LogP contribution is -2.24. The summed E-state index contributed by atoms with van der Waals surface area (Å²) in [6, 6.07) is 16.8. The van der Waals surface area contributed by atoms with Crippen molar-refractivity contribution in [3.05, 3.63) is 78.1 Å². The van der Waals surface area contributed by atoms with E-state index in [1.165, 1.54) is 16.3 Å². The number of fused-ring (bicyclic) bond motifs is 3. The van der Waals surface area contributed by atoms with E-state index < -0.39 is 0 Å². The predicted molar refractivity (Wildman–Crippen MR) is 97.3 cm³/mol. The quantitative estimate of drug-likeness (QED) is 0.629. The molecule has 0 unspecified atom stereocenters. The van der Waals surface area contributed by atoms with Crippen molar-refractivity contribution >= 4 is 28.2 Å². The Morgan fingerprint density at radius 1 is 0.870 bits per heavy atom. The Hall–Kier alpha value is -2.74. The average molecular weight is 298 g/mol. The van der Waals surface area contributed by atoms with Gasteiger partial charge in [0.05, 0.1) is 11.4 Å². The van der Waals surface area contributed by atoms with E-state index in [0.29, 0.717) is 0 Å². The van der Waals surface area contributed by atoms with Crippen LogP contribution < -0.4 is 0 Å². The molecule has 0 aliphatic carbocycles. The molecule has 2 heterocycles. The second-order valence-corrected chi connectivity index (χ2v) is 6.42. The molecule has 0 atom stereocenters. The lowest BCUT2D eigenvalue weighted by atomic mass is 9.79. The summed E-state index contributed by atoms with van der Waals surface area (Å²) in [6.45, 7) is 4.50. The van der Waals surface area contributed by atoms with Crippen molar-refractivity contribution < 1.29 is 0 Å². The number of rotatable bonds is 2. The van der Waals surface area contributed by atoms with Crippen LogP contribution >= 0.6 is 0 Å². The molecule has 0 saturated heterocycles. The van der Waals surface area contributed by atoms with E-state index in [4.69, 9.17) is 4.99 Å².